The van der Waals surface area contributed by atoms with E-state index in [0.29, 0.717) is 5.15 Å². The Morgan fingerprint density at radius 2 is 2.10 bits per heavy atom. The fourth-order valence-corrected chi connectivity index (χ4v) is 1.41. The fourth-order valence-electron chi connectivity index (χ4n) is 0.475. The predicted molar refractivity (Wildman–Crippen MR) is 43.8 cm³/mol. The van der Waals surface area contributed by atoms with E-state index in [1.165, 1.54) is 11.8 Å². The van der Waals surface area contributed by atoms with Crippen molar-refractivity contribution in [3.05, 3.63) is 16.5 Å². The minimum Gasteiger partial charge on any atom is -0.211 e. The lowest BCUT2D eigenvalue weighted by atomic mass is 10.7. The lowest BCUT2D eigenvalue weighted by molar-refractivity contribution is 1.05. The highest BCUT2D eigenvalue weighted by Crippen LogP contribution is 2.17. The van der Waals surface area contributed by atoms with Crippen LogP contribution < -0.4 is 0 Å². The smallest absolute Gasteiger partial charge is 0.211 e. The van der Waals surface area contributed by atoms with Crippen molar-refractivity contribution >= 4 is 35.0 Å². The summed E-state index contributed by atoms with van der Waals surface area (Å²) in [4.78, 5) is 7.57. The topological polar surface area (TPSA) is 25.8 Å². The first-order valence-corrected chi connectivity index (χ1v) is 4.44. The van der Waals surface area contributed by atoms with E-state index in [-0.39, 0.29) is 5.28 Å². The van der Waals surface area contributed by atoms with Gasteiger partial charge in [0.2, 0.25) is 5.28 Å². The molecule has 5 heteroatoms. The molecule has 0 saturated heterocycles. The standard InChI is InChI=1S/C5H4Cl2N2S/c1-10-4-2-3(6)8-5(7)9-4/h2H,1H3. The second kappa shape index (κ2) is 3.42. The summed E-state index contributed by atoms with van der Waals surface area (Å²) in [7, 11) is 0. The zero-order chi connectivity index (χ0) is 7.56. The van der Waals surface area contributed by atoms with Gasteiger partial charge in [0.05, 0.1) is 0 Å². The van der Waals surface area contributed by atoms with Crippen LogP contribution in [0.1, 0.15) is 0 Å². The van der Waals surface area contributed by atoms with Gasteiger partial charge >= 0.3 is 0 Å². The van der Waals surface area contributed by atoms with Crippen molar-refractivity contribution < 1.29 is 0 Å². The van der Waals surface area contributed by atoms with Crippen LogP contribution in [-0.2, 0) is 0 Å². The van der Waals surface area contributed by atoms with Crippen molar-refractivity contribution in [3.8, 4) is 0 Å². The zero-order valence-corrected chi connectivity index (χ0v) is 7.46. The van der Waals surface area contributed by atoms with Crippen molar-refractivity contribution in [1.82, 2.24) is 9.97 Å². The molecular formula is C5H4Cl2N2S. The molecule has 1 rings (SSSR count). The Morgan fingerprint density at radius 3 is 2.60 bits per heavy atom. The third kappa shape index (κ3) is 2.01. The molecule has 1 heterocycles. The summed E-state index contributed by atoms with van der Waals surface area (Å²) >= 11 is 12.6. The summed E-state index contributed by atoms with van der Waals surface area (Å²) < 4.78 is 0. The molecule has 0 atom stereocenters. The zero-order valence-electron chi connectivity index (χ0n) is 5.14. The molecule has 1 aromatic rings. The van der Waals surface area contributed by atoms with Gasteiger partial charge in [0.25, 0.3) is 0 Å². The Balaban J connectivity index is 3.06. The fraction of sp³-hybridized carbons (Fsp3) is 0.200. The molecule has 10 heavy (non-hydrogen) atoms. The first-order chi connectivity index (χ1) is 4.72. The molecule has 1 aromatic heterocycles. The van der Waals surface area contributed by atoms with Crippen LogP contribution in [-0.4, -0.2) is 16.2 Å². The van der Waals surface area contributed by atoms with E-state index in [0.717, 1.165) is 5.03 Å². The Bertz CT molecular complexity index is 221. The van der Waals surface area contributed by atoms with Gasteiger partial charge in [0, 0.05) is 6.07 Å². The summed E-state index contributed by atoms with van der Waals surface area (Å²) in [6.45, 7) is 0. The Labute approximate surface area is 73.0 Å². The highest BCUT2D eigenvalue weighted by Gasteiger charge is 1.97. The van der Waals surface area contributed by atoms with E-state index >= 15 is 0 Å². The molecule has 0 spiro atoms. The molecule has 0 unspecified atom stereocenters. The van der Waals surface area contributed by atoms with Gasteiger partial charge in [-0.15, -0.1) is 11.8 Å². The van der Waals surface area contributed by atoms with E-state index < -0.39 is 0 Å². The van der Waals surface area contributed by atoms with Crippen molar-refractivity contribution in [2.24, 2.45) is 0 Å². The first kappa shape index (κ1) is 8.11. The summed E-state index contributed by atoms with van der Waals surface area (Å²) in [5.41, 5.74) is 0. The van der Waals surface area contributed by atoms with Crippen LogP contribution >= 0.6 is 35.0 Å². The van der Waals surface area contributed by atoms with Gasteiger partial charge in [-0.3, -0.25) is 0 Å². The Kier molecular flexibility index (Phi) is 2.77. The molecule has 0 aliphatic heterocycles. The summed E-state index contributed by atoms with van der Waals surface area (Å²) in [5, 5.41) is 1.35. The summed E-state index contributed by atoms with van der Waals surface area (Å²) in [6, 6.07) is 1.66. The van der Waals surface area contributed by atoms with E-state index in [1.807, 2.05) is 6.26 Å². The van der Waals surface area contributed by atoms with Gasteiger partial charge < -0.3 is 0 Å². The third-order valence-corrected chi connectivity index (χ3v) is 1.84. The number of aromatic nitrogens is 2. The van der Waals surface area contributed by atoms with Crippen LogP contribution in [0.2, 0.25) is 10.4 Å². The second-order valence-electron chi connectivity index (χ2n) is 1.50. The number of hydrogen-bond donors (Lipinski definition) is 0. The van der Waals surface area contributed by atoms with Gasteiger partial charge in [-0.1, -0.05) is 11.6 Å². The lowest BCUT2D eigenvalue weighted by Gasteiger charge is -1.94. The minimum absolute atomic E-state index is 0.192. The summed E-state index contributed by atoms with van der Waals surface area (Å²) in [6.07, 6.45) is 1.90. The number of hydrogen-bond acceptors (Lipinski definition) is 3. The van der Waals surface area contributed by atoms with E-state index in [9.17, 15) is 0 Å². The lowest BCUT2D eigenvalue weighted by Crippen LogP contribution is -1.84. The maximum absolute atomic E-state index is 5.58. The van der Waals surface area contributed by atoms with Gasteiger partial charge in [-0.05, 0) is 17.9 Å². The number of nitrogens with zero attached hydrogens (tertiary/aromatic N) is 2. The Morgan fingerprint density at radius 1 is 1.40 bits per heavy atom. The molecule has 0 fully saturated rings. The summed E-state index contributed by atoms with van der Waals surface area (Å²) in [5.74, 6) is 0. The predicted octanol–water partition coefficient (Wildman–Crippen LogP) is 2.51. The van der Waals surface area contributed by atoms with Crippen LogP contribution in [0.3, 0.4) is 0 Å². The van der Waals surface area contributed by atoms with Crippen LogP contribution in [0.5, 0.6) is 0 Å². The van der Waals surface area contributed by atoms with Gasteiger partial charge in [0.1, 0.15) is 10.2 Å². The van der Waals surface area contributed by atoms with Gasteiger partial charge in [-0.2, -0.15) is 0 Å². The number of rotatable bonds is 1. The first-order valence-electron chi connectivity index (χ1n) is 2.46. The molecule has 0 amide bonds. The van der Waals surface area contributed by atoms with Gasteiger partial charge in [-0.25, -0.2) is 9.97 Å². The van der Waals surface area contributed by atoms with Crippen LogP contribution in [0.4, 0.5) is 0 Å². The molecule has 54 valence electrons. The molecule has 0 radical (unpaired) electrons. The molecule has 0 saturated carbocycles. The van der Waals surface area contributed by atoms with Gasteiger partial charge in [0.15, 0.2) is 0 Å². The van der Waals surface area contributed by atoms with Crippen molar-refractivity contribution in [2.75, 3.05) is 6.26 Å². The number of halogens is 2. The van der Waals surface area contributed by atoms with E-state index in [1.54, 1.807) is 6.07 Å². The minimum atomic E-state index is 0.192. The van der Waals surface area contributed by atoms with E-state index in [4.69, 9.17) is 23.2 Å². The van der Waals surface area contributed by atoms with E-state index in [2.05, 4.69) is 9.97 Å². The van der Waals surface area contributed by atoms with Crippen LogP contribution in [0, 0.1) is 0 Å². The van der Waals surface area contributed by atoms with Crippen molar-refractivity contribution in [2.45, 2.75) is 5.03 Å². The average Bonchev–Trinajstić information content (AvgIpc) is 1.85. The maximum Gasteiger partial charge on any atom is 0.224 e. The van der Waals surface area contributed by atoms with Crippen LogP contribution in [0.15, 0.2) is 11.1 Å². The molecule has 0 aliphatic carbocycles. The highest BCUT2D eigenvalue weighted by molar-refractivity contribution is 7.98. The SMILES string of the molecule is CSc1cc(Cl)nc(Cl)n1. The normalized spacial score (nSPS) is 9.90. The highest BCUT2D eigenvalue weighted by atomic mass is 35.5. The van der Waals surface area contributed by atoms with Crippen molar-refractivity contribution in [1.29, 1.82) is 0 Å². The average molecular weight is 195 g/mol. The second-order valence-corrected chi connectivity index (χ2v) is 3.05. The largest absolute Gasteiger partial charge is 0.224 e. The van der Waals surface area contributed by atoms with Crippen LogP contribution in [0.25, 0.3) is 0 Å². The molecular weight excluding hydrogens is 191 g/mol. The number of thioether (sulfide) groups is 1. The molecule has 0 aliphatic rings. The molecule has 2 nitrogen and oxygen atoms in total. The quantitative estimate of drug-likeness (QED) is 0.391. The molecule has 0 N–H and O–H groups in total. The monoisotopic (exact) mass is 194 g/mol. The molecule has 0 aromatic carbocycles. The van der Waals surface area contributed by atoms with Crippen molar-refractivity contribution in [3.63, 3.8) is 0 Å². The molecule has 0 bridgehead atoms. The third-order valence-electron chi connectivity index (χ3n) is 0.853. The maximum atomic E-state index is 5.58. The Hall–Kier alpha value is 0.01000.